The second-order valence-corrected chi connectivity index (χ2v) is 6.72. The van der Waals surface area contributed by atoms with Crippen molar-refractivity contribution >= 4 is 17.7 Å². The van der Waals surface area contributed by atoms with Gasteiger partial charge in [-0.2, -0.15) is 0 Å². The molecule has 0 bridgehead atoms. The number of nitrogens with one attached hydrogen (secondary N) is 2. The van der Waals surface area contributed by atoms with Gasteiger partial charge in [0.2, 0.25) is 11.8 Å². The van der Waals surface area contributed by atoms with Crippen LogP contribution in [0.5, 0.6) is 0 Å². The van der Waals surface area contributed by atoms with Crippen LogP contribution in [0.15, 0.2) is 12.1 Å². The quantitative estimate of drug-likeness (QED) is 0.701. The molecule has 4 heterocycles. The van der Waals surface area contributed by atoms with Crippen LogP contribution in [-0.4, -0.2) is 64.7 Å². The Morgan fingerprint density at radius 2 is 1.96 bits per heavy atom. The van der Waals surface area contributed by atoms with Crippen molar-refractivity contribution in [3.63, 3.8) is 0 Å². The van der Waals surface area contributed by atoms with E-state index in [1.807, 2.05) is 12.1 Å². The number of carbonyl (C=O) groups excluding carboxylic acids is 3. The number of fused-ring (bicyclic) bond motifs is 1. The molecule has 0 aromatic carbocycles. The fourth-order valence-corrected chi connectivity index (χ4v) is 3.67. The molecule has 3 aliphatic heterocycles. The van der Waals surface area contributed by atoms with Crippen molar-refractivity contribution in [3.8, 4) is 0 Å². The van der Waals surface area contributed by atoms with Gasteiger partial charge in [0.1, 0.15) is 6.04 Å². The van der Waals surface area contributed by atoms with Gasteiger partial charge in [0.15, 0.2) is 0 Å². The van der Waals surface area contributed by atoms with E-state index in [9.17, 15) is 14.4 Å². The van der Waals surface area contributed by atoms with E-state index in [4.69, 9.17) is 0 Å². The van der Waals surface area contributed by atoms with Crippen molar-refractivity contribution in [1.29, 1.82) is 0 Å². The number of carbonyl (C=O) groups is 3. The summed E-state index contributed by atoms with van der Waals surface area (Å²) in [5.74, 6) is -0.842. The van der Waals surface area contributed by atoms with Gasteiger partial charge in [-0.3, -0.25) is 29.6 Å². The number of pyridine rings is 1. The summed E-state index contributed by atoms with van der Waals surface area (Å²) in [5.41, 5.74) is 2.23. The summed E-state index contributed by atoms with van der Waals surface area (Å²) in [4.78, 5) is 44.5. The summed E-state index contributed by atoms with van der Waals surface area (Å²) in [7, 11) is 0. The highest BCUT2D eigenvalue weighted by atomic mass is 16.2. The number of piperidine rings is 1. The third-order valence-electron chi connectivity index (χ3n) is 5.02. The number of rotatable bonds is 3. The van der Waals surface area contributed by atoms with E-state index in [1.54, 1.807) is 0 Å². The van der Waals surface area contributed by atoms with E-state index in [2.05, 4.69) is 20.5 Å². The first-order valence-electron chi connectivity index (χ1n) is 8.68. The summed E-state index contributed by atoms with van der Waals surface area (Å²) in [6.07, 6.45) is 0.635. The van der Waals surface area contributed by atoms with Crippen LogP contribution in [0, 0.1) is 0 Å². The fourth-order valence-electron chi connectivity index (χ4n) is 3.67. The Kier molecular flexibility index (Phi) is 4.22. The van der Waals surface area contributed by atoms with E-state index in [-0.39, 0.29) is 18.2 Å². The van der Waals surface area contributed by atoms with E-state index in [1.165, 1.54) is 4.90 Å². The molecule has 25 heavy (non-hydrogen) atoms. The van der Waals surface area contributed by atoms with Gasteiger partial charge in [-0.15, -0.1) is 0 Å². The molecule has 4 rings (SSSR count). The van der Waals surface area contributed by atoms with Crippen molar-refractivity contribution < 1.29 is 14.4 Å². The van der Waals surface area contributed by atoms with Crippen molar-refractivity contribution in [2.24, 2.45) is 0 Å². The Bertz CT molecular complexity index is 729. The highest BCUT2D eigenvalue weighted by Crippen LogP contribution is 2.26. The highest BCUT2D eigenvalue weighted by molar-refractivity contribution is 6.05. The number of aromatic nitrogens is 1. The third-order valence-corrected chi connectivity index (χ3v) is 5.02. The molecule has 0 spiro atoms. The summed E-state index contributed by atoms with van der Waals surface area (Å²) in [5, 5.41) is 5.64. The fraction of sp³-hybridized carbons (Fsp3) is 0.529. The van der Waals surface area contributed by atoms with Crippen molar-refractivity contribution in [2.75, 3.05) is 26.2 Å². The molecular weight excluding hydrogens is 322 g/mol. The number of imide groups is 1. The summed E-state index contributed by atoms with van der Waals surface area (Å²) >= 11 is 0. The lowest BCUT2D eigenvalue weighted by Gasteiger charge is -2.29. The zero-order chi connectivity index (χ0) is 17.4. The van der Waals surface area contributed by atoms with Gasteiger partial charge in [0, 0.05) is 39.1 Å². The summed E-state index contributed by atoms with van der Waals surface area (Å²) < 4.78 is 0. The third kappa shape index (κ3) is 3.14. The second-order valence-electron chi connectivity index (χ2n) is 6.72. The van der Waals surface area contributed by atoms with Crippen LogP contribution >= 0.6 is 0 Å². The van der Waals surface area contributed by atoms with Crippen LogP contribution in [0.3, 0.4) is 0 Å². The number of piperazine rings is 1. The Labute approximate surface area is 145 Å². The molecule has 1 unspecified atom stereocenters. The van der Waals surface area contributed by atoms with Crippen LogP contribution in [0.2, 0.25) is 0 Å². The zero-order valence-corrected chi connectivity index (χ0v) is 14.0. The SMILES string of the molecule is O=C1CCC(N2Cc3nc(CN4CCNCC4)ccc3C2=O)C(=O)N1. The largest absolute Gasteiger partial charge is 0.321 e. The van der Waals surface area contributed by atoms with Crippen LogP contribution < -0.4 is 10.6 Å². The topological polar surface area (TPSA) is 94.6 Å². The van der Waals surface area contributed by atoms with E-state index < -0.39 is 11.9 Å². The molecule has 0 saturated carbocycles. The monoisotopic (exact) mass is 343 g/mol. The second kappa shape index (κ2) is 6.53. The molecule has 1 aromatic rings. The first-order chi connectivity index (χ1) is 12.1. The van der Waals surface area contributed by atoms with Crippen LogP contribution in [0.1, 0.15) is 34.6 Å². The Morgan fingerprint density at radius 1 is 1.16 bits per heavy atom. The Morgan fingerprint density at radius 3 is 2.72 bits per heavy atom. The minimum Gasteiger partial charge on any atom is -0.321 e. The van der Waals surface area contributed by atoms with E-state index in [0.717, 1.165) is 44.1 Å². The first-order valence-corrected chi connectivity index (χ1v) is 8.68. The van der Waals surface area contributed by atoms with Gasteiger partial charge in [0.05, 0.1) is 23.5 Å². The minimum absolute atomic E-state index is 0.175. The van der Waals surface area contributed by atoms with Crippen molar-refractivity contribution in [1.82, 2.24) is 25.4 Å². The lowest BCUT2D eigenvalue weighted by atomic mass is 10.0. The van der Waals surface area contributed by atoms with Gasteiger partial charge in [-0.1, -0.05) is 0 Å². The highest BCUT2D eigenvalue weighted by Gasteiger charge is 2.39. The predicted molar refractivity (Wildman–Crippen MR) is 88.4 cm³/mol. The average Bonchev–Trinajstić information content (AvgIpc) is 2.92. The minimum atomic E-state index is -0.587. The van der Waals surface area contributed by atoms with Crippen LogP contribution in [0.25, 0.3) is 0 Å². The molecule has 2 N–H and O–H groups in total. The molecule has 8 nitrogen and oxygen atoms in total. The van der Waals surface area contributed by atoms with Crippen molar-refractivity contribution in [3.05, 3.63) is 29.1 Å². The number of nitrogens with zero attached hydrogens (tertiary/aromatic N) is 3. The van der Waals surface area contributed by atoms with Crippen molar-refractivity contribution in [2.45, 2.75) is 32.0 Å². The van der Waals surface area contributed by atoms with Gasteiger partial charge >= 0.3 is 0 Å². The lowest BCUT2D eigenvalue weighted by molar-refractivity contribution is -0.136. The predicted octanol–water partition coefficient (Wildman–Crippen LogP) is -0.752. The molecule has 0 radical (unpaired) electrons. The molecule has 3 amide bonds. The number of amides is 3. The maximum absolute atomic E-state index is 12.6. The summed E-state index contributed by atoms with van der Waals surface area (Å²) in [6.45, 7) is 5.02. The smallest absolute Gasteiger partial charge is 0.256 e. The maximum atomic E-state index is 12.6. The standard InChI is InChI=1S/C17H21N5O3/c23-15-4-3-14(16(24)20-15)22-10-13-12(17(22)25)2-1-11(19-13)9-21-7-5-18-6-8-21/h1-2,14,18H,3-10H2,(H,20,23,24). The molecule has 1 aromatic heterocycles. The number of hydrogen-bond donors (Lipinski definition) is 2. The van der Waals surface area contributed by atoms with Crippen LogP contribution in [0.4, 0.5) is 0 Å². The molecule has 3 aliphatic rings. The van der Waals surface area contributed by atoms with Crippen LogP contribution in [-0.2, 0) is 22.7 Å². The van der Waals surface area contributed by atoms with Gasteiger partial charge in [-0.25, -0.2) is 0 Å². The van der Waals surface area contributed by atoms with Gasteiger partial charge in [-0.05, 0) is 18.6 Å². The maximum Gasteiger partial charge on any atom is 0.256 e. The molecule has 8 heteroatoms. The molecule has 132 valence electrons. The first kappa shape index (κ1) is 16.2. The Balaban J connectivity index is 1.49. The number of hydrogen-bond acceptors (Lipinski definition) is 6. The molecule has 2 fully saturated rings. The van der Waals surface area contributed by atoms with Gasteiger partial charge < -0.3 is 10.2 Å². The van der Waals surface area contributed by atoms with E-state index in [0.29, 0.717) is 18.5 Å². The molecule has 1 atom stereocenters. The normalized spacial score (nSPS) is 24.4. The summed E-state index contributed by atoms with van der Waals surface area (Å²) in [6, 6.07) is 3.12. The Hall–Kier alpha value is -2.32. The lowest BCUT2D eigenvalue weighted by Crippen LogP contribution is -2.52. The molecule has 0 aliphatic carbocycles. The molecular formula is C17H21N5O3. The van der Waals surface area contributed by atoms with E-state index >= 15 is 0 Å². The zero-order valence-electron chi connectivity index (χ0n) is 14.0. The molecule has 2 saturated heterocycles. The average molecular weight is 343 g/mol. The van der Waals surface area contributed by atoms with Gasteiger partial charge in [0.25, 0.3) is 5.91 Å².